The minimum atomic E-state index is -0.849. The second kappa shape index (κ2) is 10.4. The molecule has 0 aromatic heterocycles. The highest BCUT2D eigenvalue weighted by atomic mass is 35.5. The molecule has 0 spiro atoms. The summed E-state index contributed by atoms with van der Waals surface area (Å²) in [5, 5.41) is 8.92. The van der Waals surface area contributed by atoms with E-state index in [1.165, 1.54) is 0 Å². The summed E-state index contributed by atoms with van der Waals surface area (Å²) < 4.78 is 5.96. The van der Waals surface area contributed by atoms with Crippen LogP contribution in [-0.2, 0) is 17.8 Å². The number of benzene rings is 2. The van der Waals surface area contributed by atoms with E-state index >= 15 is 0 Å². The number of hydrogen-bond acceptors (Lipinski definition) is 3. The summed E-state index contributed by atoms with van der Waals surface area (Å²) >= 11 is 10.2. The Labute approximate surface area is 159 Å². The molecule has 0 heterocycles. The molecule has 5 heteroatoms. The molecule has 2 aromatic rings. The zero-order valence-corrected chi connectivity index (χ0v) is 15.7. The van der Waals surface area contributed by atoms with Gasteiger partial charge in [0.1, 0.15) is 12.4 Å². The van der Waals surface area contributed by atoms with Crippen molar-refractivity contribution in [1.82, 2.24) is 0 Å². The van der Waals surface area contributed by atoms with Crippen LogP contribution in [0.3, 0.4) is 0 Å². The zero-order valence-electron chi connectivity index (χ0n) is 14.0. The van der Waals surface area contributed by atoms with Gasteiger partial charge in [-0.15, -0.1) is 0 Å². The molecule has 0 bridgehead atoms. The highest BCUT2D eigenvalue weighted by Gasteiger charge is 2.11. The van der Waals surface area contributed by atoms with E-state index in [0.717, 1.165) is 42.6 Å². The third-order valence-electron chi connectivity index (χ3n) is 3.98. The zero-order chi connectivity index (χ0) is 18.1. The molecule has 0 aliphatic heterocycles. The third-order valence-corrected chi connectivity index (χ3v) is 4.69. The molecule has 0 saturated carbocycles. The topological polar surface area (TPSA) is 46.5 Å². The van der Waals surface area contributed by atoms with Gasteiger partial charge < -0.3 is 9.84 Å². The third kappa shape index (κ3) is 7.00. The molecule has 134 valence electrons. The first-order chi connectivity index (χ1) is 12.1. The van der Waals surface area contributed by atoms with E-state index in [1.807, 2.05) is 48.5 Å². The smallest absolute Gasteiger partial charge is 0.316 e. The number of halogens is 1. The quantitative estimate of drug-likeness (QED) is 0.429. The van der Waals surface area contributed by atoms with Crippen molar-refractivity contribution in [2.75, 3.05) is 0 Å². The second-order valence-electron chi connectivity index (χ2n) is 5.98. The predicted octanol–water partition coefficient (Wildman–Crippen LogP) is 5.40. The summed E-state index contributed by atoms with van der Waals surface area (Å²) in [4.78, 5) is 10.7. The first kappa shape index (κ1) is 19.7. The van der Waals surface area contributed by atoms with Crippen LogP contribution in [0.25, 0.3) is 0 Å². The summed E-state index contributed by atoms with van der Waals surface area (Å²) in [6.45, 7) is 0.508. The van der Waals surface area contributed by atoms with Crippen molar-refractivity contribution in [3.63, 3.8) is 0 Å². The highest BCUT2D eigenvalue weighted by Crippen LogP contribution is 2.26. The fourth-order valence-corrected chi connectivity index (χ4v) is 2.90. The lowest BCUT2D eigenvalue weighted by Crippen LogP contribution is -2.12. The number of unbranched alkanes of at least 4 members (excludes halogenated alkanes) is 2. The number of carbonyl (C=O) groups is 1. The summed E-state index contributed by atoms with van der Waals surface area (Å²) in [5.41, 5.74) is 2.24. The maximum absolute atomic E-state index is 10.7. The largest absolute Gasteiger partial charge is 0.489 e. The van der Waals surface area contributed by atoms with Gasteiger partial charge in [0.15, 0.2) is 0 Å². The van der Waals surface area contributed by atoms with Crippen molar-refractivity contribution in [2.45, 2.75) is 44.0 Å². The van der Waals surface area contributed by atoms with Gasteiger partial charge in [0, 0.05) is 5.02 Å². The molecule has 1 atom stereocenters. The Hall–Kier alpha value is -1.65. The van der Waals surface area contributed by atoms with Crippen LogP contribution in [-0.4, -0.2) is 16.3 Å². The highest BCUT2D eigenvalue weighted by molar-refractivity contribution is 7.81. The molecule has 0 saturated heterocycles. The van der Waals surface area contributed by atoms with Crippen LogP contribution in [0.2, 0.25) is 5.02 Å². The molecule has 2 rings (SSSR count). The van der Waals surface area contributed by atoms with Crippen molar-refractivity contribution in [1.29, 1.82) is 0 Å². The lowest BCUT2D eigenvalue weighted by molar-refractivity contribution is -0.136. The number of carboxylic acid groups (broad SMARTS) is 1. The van der Waals surface area contributed by atoms with Gasteiger partial charge in [0.25, 0.3) is 0 Å². The number of rotatable bonds is 10. The SMILES string of the molecule is O=C(O)C(S)CCCCCc1ccc(Cl)cc1OCc1ccccc1. The molecule has 0 aliphatic carbocycles. The summed E-state index contributed by atoms with van der Waals surface area (Å²) in [6, 6.07) is 15.7. The van der Waals surface area contributed by atoms with Crippen molar-refractivity contribution in [3.05, 3.63) is 64.7 Å². The molecule has 1 unspecified atom stereocenters. The number of hydrogen-bond donors (Lipinski definition) is 2. The molecule has 0 radical (unpaired) electrons. The maximum atomic E-state index is 10.7. The van der Waals surface area contributed by atoms with E-state index in [9.17, 15) is 4.79 Å². The predicted molar refractivity (Wildman–Crippen MR) is 105 cm³/mol. The van der Waals surface area contributed by atoms with Crippen molar-refractivity contribution >= 4 is 30.2 Å². The van der Waals surface area contributed by atoms with Crippen molar-refractivity contribution < 1.29 is 14.6 Å². The maximum Gasteiger partial charge on any atom is 0.316 e. The monoisotopic (exact) mass is 378 g/mol. The normalized spacial score (nSPS) is 11.9. The van der Waals surface area contributed by atoms with Gasteiger partial charge in [-0.3, -0.25) is 4.79 Å². The molecule has 2 aromatic carbocycles. The van der Waals surface area contributed by atoms with Gasteiger partial charge in [-0.2, -0.15) is 12.6 Å². The molecule has 0 aliphatic rings. The van der Waals surface area contributed by atoms with Gasteiger partial charge in [0.05, 0.1) is 5.25 Å². The number of ether oxygens (including phenoxy) is 1. The second-order valence-corrected chi connectivity index (χ2v) is 7.04. The minimum Gasteiger partial charge on any atom is -0.489 e. The Bertz CT molecular complexity index is 676. The summed E-state index contributed by atoms with van der Waals surface area (Å²) in [7, 11) is 0. The number of carboxylic acids is 1. The van der Waals surface area contributed by atoms with E-state index < -0.39 is 11.2 Å². The van der Waals surface area contributed by atoms with Crippen LogP contribution < -0.4 is 4.74 Å². The van der Waals surface area contributed by atoms with E-state index in [-0.39, 0.29) is 0 Å². The summed E-state index contributed by atoms with van der Waals surface area (Å²) in [6.07, 6.45) is 4.27. The summed E-state index contributed by atoms with van der Waals surface area (Å²) in [5.74, 6) is -0.0356. The van der Waals surface area contributed by atoms with Crippen LogP contribution in [0, 0.1) is 0 Å². The van der Waals surface area contributed by atoms with Gasteiger partial charge in [-0.25, -0.2) is 0 Å². The fraction of sp³-hybridized carbons (Fsp3) is 0.350. The molecule has 0 fully saturated rings. The molecule has 25 heavy (non-hydrogen) atoms. The molecule has 3 nitrogen and oxygen atoms in total. The van der Waals surface area contributed by atoms with E-state index in [4.69, 9.17) is 21.4 Å². The van der Waals surface area contributed by atoms with E-state index in [0.29, 0.717) is 18.1 Å². The number of aliphatic carboxylic acids is 1. The van der Waals surface area contributed by atoms with Gasteiger partial charge in [-0.05, 0) is 42.5 Å². The lowest BCUT2D eigenvalue weighted by Gasteiger charge is -2.12. The van der Waals surface area contributed by atoms with Crippen LogP contribution in [0.5, 0.6) is 5.75 Å². The van der Waals surface area contributed by atoms with Gasteiger partial charge in [-0.1, -0.05) is 60.8 Å². The van der Waals surface area contributed by atoms with Gasteiger partial charge in [0.2, 0.25) is 0 Å². The first-order valence-electron chi connectivity index (χ1n) is 8.42. The first-order valence-corrected chi connectivity index (χ1v) is 9.31. The van der Waals surface area contributed by atoms with Crippen LogP contribution in [0.1, 0.15) is 36.8 Å². The Morgan fingerprint density at radius 2 is 1.88 bits per heavy atom. The van der Waals surface area contributed by atoms with Crippen molar-refractivity contribution in [2.24, 2.45) is 0 Å². The van der Waals surface area contributed by atoms with Crippen molar-refractivity contribution in [3.8, 4) is 5.75 Å². The number of aryl methyl sites for hydroxylation is 1. The average molecular weight is 379 g/mol. The standard InChI is InChI=1S/C20H23ClO3S/c21-17-12-11-16(9-5-2-6-10-19(25)20(22)23)18(13-17)24-14-15-7-3-1-4-8-15/h1,3-4,7-8,11-13,19,25H,2,5-6,9-10,14H2,(H,22,23). The Morgan fingerprint density at radius 1 is 1.12 bits per heavy atom. The minimum absolute atomic E-state index is 0.508. The fourth-order valence-electron chi connectivity index (χ4n) is 2.56. The molecular formula is C20H23ClO3S. The average Bonchev–Trinajstić information content (AvgIpc) is 2.61. The Balaban J connectivity index is 1.84. The molecule has 1 N–H and O–H groups in total. The van der Waals surface area contributed by atoms with Gasteiger partial charge >= 0.3 is 5.97 Å². The molecule has 0 amide bonds. The lowest BCUT2D eigenvalue weighted by atomic mass is 10.0. The van der Waals surface area contributed by atoms with E-state index in [2.05, 4.69) is 12.6 Å². The molecular weight excluding hydrogens is 356 g/mol. The number of thiol groups is 1. The van der Waals surface area contributed by atoms with Crippen LogP contribution in [0.4, 0.5) is 0 Å². The Morgan fingerprint density at radius 3 is 2.60 bits per heavy atom. The van der Waals surface area contributed by atoms with E-state index in [1.54, 1.807) is 0 Å². The Kier molecular flexibility index (Phi) is 8.16. The van der Waals surface area contributed by atoms with Crippen LogP contribution >= 0.6 is 24.2 Å². The van der Waals surface area contributed by atoms with Crippen LogP contribution in [0.15, 0.2) is 48.5 Å².